The Kier molecular flexibility index (Phi) is 4.96. The molecule has 1 aliphatic rings. The van der Waals surface area contributed by atoms with Crippen LogP contribution in [-0.4, -0.2) is 36.3 Å². The van der Waals surface area contributed by atoms with Gasteiger partial charge in [-0.15, -0.1) is 0 Å². The van der Waals surface area contributed by atoms with E-state index in [1.165, 1.54) is 12.8 Å². The van der Waals surface area contributed by atoms with Gasteiger partial charge >= 0.3 is 0 Å². The highest BCUT2D eigenvalue weighted by Gasteiger charge is 2.27. The minimum Gasteiger partial charge on any atom is -0.475 e. The lowest BCUT2D eigenvalue weighted by Gasteiger charge is -2.14. The van der Waals surface area contributed by atoms with Crippen LogP contribution in [0.25, 0.3) is 0 Å². The van der Waals surface area contributed by atoms with E-state index in [-0.39, 0.29) is 0 Å². The van der Waals surface area contributed by atoms with Crippen molar-refractivity contribution in [1.29, 1.82) is 0 Å². The molecule has 106 valence electrons. The number of hydrogen-bond acceptors (Lipinski definition) is 5. The first-order chi connectivity index (χ1) is 9.22. The van der Waals surface area contributed by atoms with E-state index in [9.17, 15) is 0 Å². The lowest BCUT2D eigenvalue weighted by Crippen LogP contribution is -2.16. The summed E-state index contributed by atoms with van der Waals surface area (Å²) in [6.45, 7) is 5.37. The van der Waals surface area contributed by atoms with Crippen LogP contribution in [0.5, 0.6) is 5.88 Å². The average Bonchev–Trinajstić information content (AvgIpc) is 3.23. The lowest BCUT2D eigenvalue weighted by atomic mass is 10.2. The number of methoxy groups -OCH3 is 1. The molecule has 0 saturated heterocycles. The molecule has 0 spiro atoms. The zero-order valence-corrected chi connectivity index (χ0v) is 12.0. The predicted octanol–water partition coefficient (Wildman–Crippen LogP) is 2.59. The van der Waals surface area contributed by atoms with Crippen LogP contribution in [0, 0.1) is 0 Å². The number of nitrogens with one attached hydrogen (secondary N) is 1. The molecule has 1 aromatic heterocycles. The van der Waals surface area contributed by atoms with Crippen LogP contribution in [0.4, 0.5) is 5.82 Å². The smallest absolute Gasteiger partial charge is 0.218 e. The molecule has 0 radical (unpaired) electrons. The number of aromatic nitrogens is 2. The quantitative estimate of drug-likeness (QED) is 0.732. The van der Waals surface area contributed by atoms with Gasteiger partial charge in [-0.3, -0.25) is 0 Å². The van der Waals surface area contributed by atoms with Gasteiger partial charge in [-0.05, 0) is 26.2 Å². The number of rotatable bonds is 8. The van der Waals surface area contributed by atoms with Gasteiger partial charge in [-0.25, -0.2) is 4.98 Å². The van der Waals surface area contributed by atoms with Crippen molar-refractivity contribution in [3.8, 4) is 5.88 Å². The Balaban J connectivity index is 2.07. The van der Waals surface area contributed by atoms with Gasteiger partial charge in [0.25, 0.3) is 0 Å². The van der Waals surface area contributed by atoms with Crippen LogP contribution in [0.1, 0.15) is 44.9 Å². The zero-order valence-electron chi connectivity index (χ0n) is 12.0. The van der Waals surface area contributed by atoms with Gasteiger partial charge in [0.2, 0.25) is 5.88 Å². The fourth-order valence-corrected chi connectivity index (χ4v) is 1.70. The van der Waals surface area contributed by atoms with Gasteiger partial charge < -0.3 is 14.8 Å². The SMILES string of the molecule is CCC(C)Nc1cc(OCCOC)nc(C2CC2)n1. The minimum atomic E-state index is 0.397. The Morgan fingerprint density at radius 2 is 2.16 bits per heavy atom. The highest BCUT2D eigenvalue weighted by molar-refractivity contribution is 5.40. The first-order valence-electron chi connectivity index (χ1n) is 7.00. The van der Waals surface area contributed by atoms with Gasteiger partial charge in [0.15, 0.2) is 0 Å². The Morgan fingerprint density at radius 3 is 2.79 bits per heavy atom. The van der Waals surface area contributed by atoms with Crippen LogP contribution in [-0.2, 0) is 4.74 Å². The van der Waals surface area contributed by atoms with E-state index in [0.29, 0.717) is 31.1 Å². The third-order valence-electron chi connectivity index (χ3n) is 3.21. The molecular weight excluding hydrogens is 242 g/mol. The molecule has 0 aromatic carbocycles. The maximum atomic E-state index is 5.60. The number of nitrogens with zero attached hydrogens (tertiary/aromatic N) is 2. The van der Waals surface area contributed by atoms with Gasteiger partial charge in [-0.1, -0.05) is 6.92 Å². The Morgan fingerprint density at radius 1 is 1.37 bits per heavy atom. The maximum absolute atomic E-state index is 5.60. The predicted molar refractivity (Wildman–Crippen MR) is 74.8 cm³/mol. The second-order valence-corrected chi connectivity index (χ2v) is 5.02. The van der Waals surface area contributed by atoms with Crippen LogP contribution in [0.15, 0.2) is 6.07 Å². The summed E-state index contributed by atoms with van der Waals surface area (Å²) in [5, 5.41) is 3.38. The van der Waals surface area contributed by atoms with E-state index in [1.54, 1.807) is 7.11 Å². The molecule has 1 N–H and O–H groups in total. The average molecular weight is 265 g/mol. The normalized spacial score (nSPS) is 16.2. The Bertz CT molecular complexity index is 408. The molecule has 2 rings (SSSR count). The Hall–Kier alpha value is -1.36. The molecule has 1 unspecified atom stereocenters. The number of anilines is 1. The lowest BCUT2D eigenvalue weighted by molar-refractivity contribution is 0.143. The molecule has 1 aliphatic carbocycles. The largest absolute Gasteiger partial charge is 0.475 e. The van der Waals surface area contributed by atoms with E-state index >= 15 is 0 Å². The van der Waals surface area contributed by atoms with Crippen LogP contribution < -0.4 is 10.1 Å². The van der Waals surface area contributed by atoms with Crippen molar-refractivity contribution in [2.75, 3.05) is 25.6 Å². The summed E-state index contributed by atoms with van der Waals surface area (Å²) in [7, 11) is 1.66. The topological polar surface area (TPSA) is 56.3 Å². The van der Waals surface area contributed by atoms with Crippen LogP contribution in [0.3, 0.4) is 0 Å². The van der Waals surface area contributed by atoms with E-state index in [4.69, 9.17) is 9.47 Å². The molecule has 0 bridgehead atoms. The Labute approximate surface area is 114 Å². The summed E-state index contributed by atoms with van der Waals surface area (Å²) in [5.74, 6) is 2.92. The monoisotopic (exact) mass is 265 g/mol. The first kappa shape index (κ1) is 14.1. The van der Waals surface area contributed by atoms with Crippen molar-refractivity contribution in [3.05, 3.63) is 11.9 Å². The van der Waals surface area contributed by atoms with Gasteiger partial charge in [0, 0.05) is 25.1 Å². The van der Waals surface area contributed by atoms with E-state index in [0.717, 1.165) is 18.1 Å². The molecule has 1 saturated carbocycles. The molecule has 1 aromatic rings. The maximum Gasteiger partial charge on any atom is 0.218 e. The van der Waals surface area contributed by atoms with Crippen molar-refractivity contribution in [2.24, 2.45) is 0 Å². The second-order valence-electron chi connectivity index (χ2n) is 5.02. The highest BCUT2D eigenvalue weighted by Crippen LogP contribution is 2.39. The van der Waals surface area contributed by atoms with E-state index in [1.807, 2.05) is 6.07 Å². The molecule has 5 nitrogen and oxygen atoms in total. The number of ether oxygens (including phenoxy) is 2. The van der Waals surface area contributed by atoms with Crippen LogP contribution >= 0.6 is 0 Å². The third kappa shape index (κ3) is 4.35. The third-order valence-corrected chi connectivity index (χ3v) is 3.21. The molecule has 1 atom stereocenters. The van der Waals surface area contributed by atoms with Crippen molar-refractivity contribution in [3.63, 3.8) is 0 Å². The fourth-order valence-electron chi connectivity index (χ4n) is 1.70. The van der Waals surface area contributed by atoms with Crippen molar-refractivity contribution in [2.45, 2.75) is 45.1 Å². The molecular formula is C14H23N3O2. The summed E-state index contributed by atoms with van der Waals surface area (Å²) >= 11 is 0. The molecule has 19 heavy (non-hydrogen) atoms. The molecule has 5 heteroatoms. The van der Waals surface area contributed by atoms with Gasteiger partial charge in [0.1, 0.15) is 18.2 Å². The van der Waals surface area contributed by atoms with E-state index < -0.39 is 0 Å². The van der Waals surface area contributed by atoms with Crippen molar-refractivity contribution < 1.29 is 9.47 Å². The fraction of sp³-hybridized carbons (Fsp3) is 0.714. The summed E-state index contributed by atoms with van der Waals surface area (Å²) in [6, 6.07) is 2.27. The second kappa shape index (κ2) is 6.70. The van der Waals surface area contributed by atoms with Gasteiger partial charge in [-0.2, -0.15) is 4.98 Å². The standard InChI is InChI=1S/C14H23N3O2/c1-4-10(2)15-12-9-13(19-8-7-18-3)17-14(16-12)11-5-6-11/h9-11H,4-8H2,1-3H3,(H,15,16,17). The summed E-state index contributed by atoms with van der Waals surface area (Å²) < 4.78 is 10.6. The molecule has 1 fully saturated rings. The highest BCUT2D eigenvalue weighted by atomic mass is 16.5. The number of hydrogen-bond donors (Lipinski definition) is 1. The van der Waals surface area contributed by atoms with Crippen LogP contribution in [0.2, 0.25) is 0 Å². The summed E-state index contributed by atoms with van der Waals surface area (Å²) in [5.41, 5.74) is 0. The van der Waals surface area contributed by atoms with Crippen molar-refractivity contribution >= 4 is 5.82 Å². The molecule has 0 aliphatic heterocycles. The van der Waals surface area contributed by atoms with Gasteiger partial charge in [0.05, 0.1) is 6.61 Å². The summed E-state index contributed by atoms with van der Waals surface area (Å²) in [6.07, 6.45) is 3.43. The van der Waals surface area contributed by atoms with E-state index in [2.05, 4.69) is 29.1 Å². The molecule has 0 amide bonds. The summed E-state index contributed by atoms with van der Waals surface area (Å²) in [4.78, 5) is 9.05. The molecule has 1 heterocycles. The zero-order chi connectivity index (χ0) is 13.7. The van der Waals surface area contributed by atoms with Crippen molar-refractivity contribution in [1.82, 2.24) is 9.97 Å². The first-order valence-corrected chi connectivity index (χ1v) is 7.00. The minimum absolute atomic E-state index is 0.397.